The molecule has 3 N–H and O–H groups in total. The van der Waals surface area contributed by atoms with Gasteiger partial charge in [-0.2, -0.15) is 0 Å². The Balaban J connectivity index is 2.08. The van der Waals surface area contributed by atoms with Gasteiger partial charge in [0.1, 0.15) is 6.16 Å². The second kappa shape index (κ2) is 9.32. The largest absolute Gasteiger partial charge is 0.481 e. The maximum absolute atomic E-state index is 12.4. The number of aliphatic carboxylic acids is 1. The number of hydrogen-bond acceptors (Lipinski definition) is 3. The lowest BCUT2D eigenvalue weighted by Gasteiger charge is -2.21. The maximum atomic E-state index is 12.4. The van der Waals surface area contributed by atoms with Crippen LogP contribution in [-0.2, 0) is 15.8 Å². The van der Waals surface area contributed by atoms with E-state index in [0.717, 1.165) is 5.56 Å². The molecule has 0 aromatic heterocycles. The summed E-state index contributed by atoms with van der Waals surface area (Å²) >= 11 is 0. The smallest absolute Gasteiger partial charge is 0.313 e. The lowest BCUT2D eigenvalue weighted by Crippen LogP contribution is -2.38. The van der Waals surface area contributed by atoms with Crippen LogP contribution in [0.2, 0.25) is 0 Å². The highest BCUT2D eigenvalue weighted by Gasteiger charge is 2.28. The number of carboxylic acids is 1. The van der Waals surface area contributed by atoms with Crippen LogP contribution in [-0.4, -0.2) is 40.2 Å². The number of carbonyl (C=O) groups excluding carboxylic acids is 1. The van der Waals surface area contributed by atoms with Crippen molar-refractivity contribution in [2.24, 2.45) is 0 Å². The van der Waals surface area contributed by atoms with Gasteiger partial charge in [-0.15, -0.1) is 0 Å². The van der Waals surface area contributed by atoms with Gasteiger partial charge in [0.15, 0.2) is 0 Å². The molecule has 7 heteroatoms. The molecule has 0 fully saturated rings. The number of nitrogens with one attached hydrogen (secondary N) is 1. The van der Waals surface area contributed by atoms with E-state index in [4.69, 9.17) is 5.11 Å². The van der Waals surface area contributed by atoms with Gasteiger partial charge in [-0.1, -0.05) is 48.5 Å². The number of carbonyl (C=O) groups is 2. The molecule has 1 amide bonds. The van der Waals surface area contributed by atoms with Crippen LogP contribution in [0.5, 0.6) is 0 Å². The Hall–Kier alpha value is -2.43. The number of benzene rings is 2. The molecule has 0 radical (unpaired) electrons. The quantitative estimate of drug-likeness (QED) is 0.585. The minimum Gasteiger partial charge on any atom is -0.481 e. The zero-order chi connectivity index (χ0) is 19.0. The first-order valence-electron chi connectivity index (χ1n) is 8.28. The van der Waals surface area contributed by atoms with Gasteiger partial charge in [-0.25, -0.2) is 0 Å². The van der Waals surface area contributed by atoms with Crippen molar-refractivity contribution in [2.45, 2.75) is 18.9 Å². The van der Waals surface area contributed by atoms with Gasteiger partial charge < -0.3 is 15.3 Å². The van der Waals surface area contributed by atoms with Crippen molar-refractivity contribution in [3.05, 3.63) is 71.8 Å². The molecule has 0 aliphatic carbocycles. The van der Waals surface area contributed by atoms with Crippen LogP contribution >= 0.6 is 7.37 Å². The molecule has 26 heavy (non-hydrogen) atoms. The van der Waals surface area contributed by atoms with E-state index in [0.29, 0.717) is 18.4 Å². The molecule has 6 nitrogen and oxygen atoms in total. The van der Waals surface area contributed by atoms with Crippen LogP contribution in [0.15, 0.2) is 60.7 Å². The van der Waals surface area contributed by atoms with Gasteiger partial charge in [-0.3, -0.25) is 14.2 Å². The van der Waals surface area contributed by atoms with Crippen LogP contribution in [0.25, 0.3) is 0 Å². The average Bonchev–Trinajstić information content (AvgIpc) is 2.60. The highest BCUT2D eigenvalue weighted by Crippen LogP contribution is 2.41. The Morgan fingerprint density at radius 2 is 1.58 bits per heavy atom. The van der Waals surface area contributed by atoms with Crippen LogP contribution in [0, 0.1) is 0 Å². The van der Waals surface area contributed by atoms with Gasteiger partial charge in [0.25, 0.3) is 5.91 Å². The normalized spacial score (nSPS) is 14.2. The number of amides is 1. The standard InChI is InChI=1S/C19H22NO5P/c21-18(22)14-26(24,25)13-17(12-11-15-7-3-1-4-8-15)20-19(23)16-9-5-2-6-10-16/h1-10,17H,11-14H2,(H,20,23)(H,21,22)(H,24,25). The molecular formula is C19H22NO5P. The summed E-state index contributed by atoms with van der Waals surface area (Å²) in [5.74, 6) is -1.67. The third-order valence-corrected chi connectivity index (χ3v) is 5.66. The van der Waals surface area contributed by atoms with Gasteiger partial charge in [-0.05, 0) is 30.5 Å². The lowest BCUT2D eigenvalue weighted by molar-refractivity contribution is -0.134. The predicted molar refractivity (Wildman–Crippen MR) is 99.7 cm³/mol. The number of carboxylic acid groups (broad SMARTS) is 1. The van der Waals surface area contributed by atoms with Crippen molar-refractivity contribution in [3.63, 3.8) is 0 Å². The molecule has 0 aliphatic heterocycles. The maximum Gasteiger partial charge on any atom is 0.313 e. The molecule has 2 atom stereocenters. The fourth-order valence-electron chi connectivity index (χ4n) is 2.67. The predicted octanol–water partition coefficient (Wildman–Crippen LogP) is 2.77. The minimum atomic E-state index is -3.89. The van der Waals surface area contributed by atoms with E-state index >= 15 is 0 Å². The first-order chi connectivity index (χ1) is 12.4. The first kappa shape index (κ1) is 19.9. The third-order valence-electron chi connectivity index (χ3n) is 3.88. The molecule has 0 spiro atoms. The summed E-state index contributed by atoms with van der Waals surface area (Å²) in [5.41, 5.74) is 1.49. The van der Waals surface area contributed by atoms with Crippen LogP contribution in [0.4, 0.5) is 0 Å². The van der Waals surface area contributed by atoms with E-state index < -0.39 is 25.5 Å². The molecular weight excluding hydrogens is 353 g/mol. The molecule has 0 saturated heterocycles. The van der Waals surface area contributed by atoms with Gasteiger partial charge in [0.05, 0.1) is 0 Å². The Labute approximate surface area is 152 Å². The van der Waals surface area contributed by atoms with Crippen molar-refractivity contribution >= 4 is 19.2 Å². The number of aryl methyl sites for hydroxylation is 1. The number of rotatable bonds is 9. The molecule has 2 aromatic rings. The van der Waals surface area contributed by atoms with E-state index in [1.807, 2.05) is 30.3 Å². The summed E-state index contributed by atoms with van der Waals surface area (Å²) in [4.78, 5) is 33.1. The summed E-state index contributed by atoms with van der Waals surface area (Å²) in [5, 5.41) is 11.6. The van der Waals surface area contributed by atoms with Crippen molar-refractivity contribution in [3.8, 4) is 0 Å². The lowest BCUT2D eigenvalue weighted by atomic mass is 10.1. The molecule has 0 bridgehead atoms. The molecule has 2 aromatic carbocycles. The van der Waals surface area contributed by atoms with E-state index in [-0.39, 0.29) is 12.1 Å². The van der Waals surface area contributed by atoms with Gasteiger partial charge in [0, 0.05) is 17.8 Å². The monoisotopic (exact) mass is 375 g/mol. The molecule has 0 saturated carbocycles. The van der Waals surface area contributed by atoms with Crippen LogP contribution in [0.1, 0.15) is 22.3 Å². The Bertz CT molecular complexity index is 779. The average molecular weight is 375 g/mol. The molecule has 138 valence electrons. The van der Waals surface area contributed by atoms with Gasteiger partial charge >= 0.3 is 5.97 Å². The summed E-state index contributed by atoms with van der Waals surface area (Å²) < 4.78 is 12.2. The summed E-state index contributed by atoms with van der Waals surface area (Å²) in [6.45, 7) is 0. The van der Waals surface area contributed by atoms with E-state index in [2.05, 4.69) is 5.32 Å². The Kier molecular flexibility index (Phi) is 7.13. The van der Waals surface area contributed by atoms with Gasteiger partial charge in [0.2, 0.25) is 7.37 Å². The fraction of sp³-hybridized carbons (Fsp3) is 0.263. The topological polar surface area (TPSA) is 104 Å². The van der Waals surface area contributed by atoms with E-state index in [9.17, 15) is 19.0 Å². The van der Waals surface area contributed by atoms with Crippen molar-refractivity contribution < 1.29 is 24.2 Å². The summed E-state index contributed by atoms with van der Waals surface area (Å²) in [6, 6.07) is 17.5. The minimum absolute atomic E-state index is 0.273. The van der Waals surface area contributed by atoms with Crippen LogP contribution in [0.3, 0.4) is 0 Å². The highest BCUT2D eigenvalue weighted by molar-refractivity contribution is 7.59. The van der Waals surface area contributed by atoms with Crippen molar-refractivity contribution in [1.29, 1.82) is 0 Å². The zero-order valence-electron chi connectivity index (χ0n) is 14.2. The SMILES string of the molecule is O=C(O)CP(=O)(O)CC(CCc1ccccc1)NC(=O)c1ccccc1. The molecule has 2 unspecified atom stereocenters. The fourth-order valence-corrected chi connectivity index (χ4v) is 4.19. The second-order valence-corrected chi connectivity index (χ2v) is 8.52. The molecule has 0 heterocycles. The third kappa shape index (κ3) is 6.82. The molecule has 2 rings (SSSR count). The first-order valence-corrected chi connectivity index (χ1v) is 10.3. The molecule has 0 aliphatic rings. The zero-order valence-corrected chi connectivity index (χ0v) is 15.1. The Morgan fingerprint density at radius 3 is 2.15 bits per heavy atom. The van der Waals surface area contributed by atoms with Crippen molar-refractivity contribution in [1.82, 2.24) is 5.32 Å². The second-order valence-electron chi connectivity index (χ2n) is 6.14. The summed E-state index contributed by atoms with van der Waals surface area (Å²) in [6.07, 6.45) is -0.0405. The van der Waals surface area contributed by atoms with E-state index in [1.54, 1.807) is 30.3 Å². The Morgan fingerprint density at radius 1 is 1.00 bits per heavy atom. The highest BCUT2D eigenvalue weighted by atomic mass is 31.2. The van der Waals surface area contributed by atoms with E-state index in [1.165, 1.54) is 0 Å². The van der Waals surface area contributed by atoms with Crippen molar-refractivity contribution in [2.75, 3.05) is 12.3 Å². The number of hydrogen-bond donors (Lipinski definition) is 3. The van der Waals surface area contributed by atoms with Crippen LogP contribution < -0.4 is 5.32 Å². The summed E-state index contributed by atoms with van der Waals surface area (Å²) in [7, 11) is -3.89.